The predicted octanol–water partition coefficient (Wildman–Crippen LogP) is 4.03. The van der Waals surface area contributed by atoms with E-state index in [1.165, 1.54) is 32.0 Å². The number of halogens is 3. The van der Waals surface area contributed by atoms with Crippen molar-refractivity contribution in [3.05, 3.63) is 64.7 Å². The lowest BCUT2D eigenvalue weighted by molar-refractivity contribution is -0.137. The minimum Gasteiger partial charge on any atom is -0.366 e. The summed E-state index contributed by atoms with van der Waals surface area (Å²) in [4.78, 5) is 24.1. The van der Waals surface area contributed by atoms with Gasteiger partial charge in [-0.15, -0.1) is 0 Å². The number of benzene rings is 2. The van der Waals surface area contributed by atoms with Crippen LogP contribution >= 0.6 is 0 Å². The van der Waals surface area contributed by atoms with E-state index in [9.17, 15) is 22.8 Å². The number of amides is 2. The number of aryl methyl sites for hydroxylation is 1. The van der Waals surface area contributed by atoms with E-state index in [0.29, 0.717) is 11.3 Å². The normalized spacial score (nSPS) is 11.9. The highest BCUT2D eigenvalue weighted by Crippen LogP contribution is 2.33. The lowest BCUT2D eigenvalue weighted by Crippen LogP contribution is -2.35. The minimum absolute atomic E-state index is 0.229. The first-order chi connectivity index (χ1) is 11.9. The van der Waals surface area contributed by atoms with Gasteiger partial charge in [0.05, 0.1) is 11.0 Å². The predicted molar refractivity (Wildman–Crippen MR) is 92.8 cm³/mol. The van der Waals surface area contributed by atoms with Crippen molar-refractivity contribution in [2.24, 2.45) is 5.73 Å². The van der Waals surface area contributed by atoms with Gasteiger partial charge in [0, 0.05) is 11.3 Å². The summed E-state index contributed by atoms with van der Waals surface area (Å²) in [6, 6.07) is 9.33. The first kappa shape index (κ1) is 19.5. The van der Waals surface area contributed by atoms with Gasteiger partial charge in [0.1, 0.15) is 0 Å². The Labute approximate surface area is 149 Å². The molecule has 0 aliphatic carbocycles. The largest absolute Gasteiger partial charge is 0.416 e. The lowest BCUT2D eigenvalue weighted by Gasteiger charge is -2.25. The molecule has 138 valence electrons. The second kappa shape index (κ2) is 6.82. The molecule has 3 N–H and O–H groups in total. The van der Waals surface area contributed by atoms with Crippen molar-refractivity contribution in [1.82, 2.24) is 0 Å². The number of nitrogens with one attached hydrogen (secondary N) is 1. The van der Waals surface area contributed by atoms with Crippen LogP contribution in [-0.4, -0.2) is 11.8 Å². The van der Waals surface area contributed by atoms with E-state index in [1.54, 1.807) is 19.1 Å². The second-order valence-electron chi connectivity index (χ2n) is 6.55. The van der Waals surface area contributed by atoms with E-state index in [4.69, 9.17) is 5.73 Å². The Hall–Kier alpha value is -2.83. The summed E-state index contributed by atoms with van der Waals surface area (Å²) in [5.41, 5.74) is 4.74. The molecule has 2 aromatic rings. The Morgan fingerprint density at radius 3 is 2.19 bits per heavy atom. The standard InChI is InChI=1S/C19H19F3N2O2/c1-11-7-8-14(10-15(11)16(23)25)24-17(26)18(2,3)12-5-4-6-13(9-12)19(20,21)22/h4-10H,1-3H3,(H2,23,25)(H,24,26). The van der Waals surface area contributed by atoms with Crippen molar-refractivity contribution in [2.45, 2.75) is 32.4 Å². The van der Waals surface area contributed by atoms with Crippen LogP contribution in [0.5, 0.6) is 0 Å². The second-order valence-corrected chi connectivity index (χ2v) is 6.55. The fourth-order valence-electron chi connectivity index (χ4n) is 2.47. The zero-order valence-corrected chi connectivity index (χ0v) is 14.6. The van der Waals surface area contributed by atoms with Gasteiger partial charge in [-0.3, -0.25) is 9.59 Å². The third-order valence-corrected chi connectivity index (χ3v) is 4.24. The first-order valence-electron chi connectivity index (χ1n) is 7.82. The van der Waals surface area contributed by atoms with Gasteiger partial charge in [-0.25, -0.2) is 0 Å². The van der Waals surface area contributed by atoms with Gasteiger partial charge in [0.25, 0.3) is 0 Å². The number of nitrogens with two attached hydrogens (primary N) is 1. The molecule has 7 heteroatoms. The molecule has 0 aromatic heterocycles. The number of anilines is 1. The average Bonchev–Trinajstić information content (AvgIpc) is 2.55. The van der Waals surface area contributed by atoms with Gasteiger partial charge >= 0.3 is 6.18 Å². The highest BCUT2D eigenvalue weighted by Gasteiger charge is 2.35. The molecule has 2 amide bonds. The molecule has 0 radical (unpaired) electrons. The highest BCUT2D eigenvalue weighted by atomic mass is 19.4. The monoisotopic (exact) mass is 364 g/mol. The molecule has 0 saturated heterocycles. The van der Waals surface area contributed by atoms with Gasteiger partial charge in [-0.1, -0.05) is 24.3 Å². The number of primary amides is 1. The van der Waals surface area contributed by atoms with E-state index >= 15 is 0 Å². The van der Waals surface area contributed by atoms with Crippen LogP contribution in [0.1, 0.15) is 40.9 Å². The molecule has 0 aliphatic heterocycles. The molecule has 0 aliphatic rings. The molecule has 0 bridgehead atoms. The third-order valence-electron chi connectivity index (χ3n) is 4.24. The van der Waals surface area contributed by atoms with Crippen molar-refractivity contribution >= 4 is 17.5 Å². The lowest BCUT2D eigenvalue weighted by atomic mass is 9.82. The minimum atomic E-state index is -4.49. The summed E-state index contributed by atoms with van der Waals surface area (Å²) < 4.78 is 38.8. The average molecular weight is 364 g/mol. The molecule has 0 saturated carbocycles. The van der Waals surface area contributed by atoms with Crippen LogP contribution in [0.25, 0.3) is 0 Å². The summed E-state index contributed by atoms with van der Waals surface area (Å²) in [6.45, 7) is 4.76. The van der Waals surface area contributed by atoms with Gasteiger partial charge < -0.3 is 11.1 Å². The van der Waals surface area contributed by atoms with Crippen LogP contribution in [0.15, 0.2) is 42.5 Å². The number of alkyl halides is 3. The van der Waals surface area contributed by atoms with Gasteiger partial charge in [-0.05, 0) is 50.1 Å². The maximum absolute atomic E-state index is 12.9. The van der Waals surface area contributed by atoms with E-state index < -0.39 is 29.0 Å². The molecule has 2 rings (SSSR count). The Bertz CT molecular complexity index is 858. The summed E-state index contributed by atoms with van der Waals surface area (Å²) in [7, 11) is 0. The third kappa shape index (κ3) is 4.04. The van der Waals surface area contributed by atoms with Gasteiger partial charge in [0.2, 0.25) is 11.8 Å². The van der Waals surface area contributed by atoms with Crippen molar-refractivity contribution in [1.29, 1.82) is 0 Å². The van der Waals surface area contributed by atoms with Crippen molar-refractivity contribution in [3.63, 3.8) is 0 Å². The quantitative estimate of drug-likeness (QED) is 0.860. The van der Waals surface area contributed by atoms with E-state index in [0.717, 1.165) is 12.1 Å². The molecule has 0 fully saturated rings. The molecule has 0 atom stereocenters. The van der Waals surface area contributed by atoms with Crippen LogP contribution in [0.2, 0.25) is 0 Å². The van der Waals surface area contributed by atoms with Crippen molar-refractivity contribution in [2.75, 3.05) is 5.32 Å². The SMILES string of the molecule is Cc1ccc(NC(=O)C(C)(C)c2cccc(C(F)(F)F)c2)cc1C(N)=O. The molecule has 2 aromatic carbocycles. The maximum atomic E-state index is 12.9. The molecule has 0 unspecified atom stereocenters. The zero-order valence-electron chi connectivity index (χ0n) is 14.6. The van der Waals surface area contributed by atoms with E-state index in [1.807, 2.05) is 0 Å². The van der Waals surface area contributed by atoms with Gasteiger partial charge in [-0.2, -0.15) is 13.2 Å². The summed E-state index contributed by atoms with van der Waals surface area (Å²) >= 11 is 0. The van der Waals surface area contributed by atoms with Crippen LogP contribution in [-0.2, 0) is 16.4 Å². The summed E-state index contributed by atoms with van der Waals surface area (Å²) in [5, 5.41) is 2.63. The maximum Gasteiger partial charge on any atom is 0.416 e. The Balaban J connectivity index is 2.31. The van der Waals surface area contributed by atoms with Crippen LogP contribution in [0, 0.1) is 6.92 Å². The number of carbonyl (C=O) groups is 2. The molecular weight excluding hydrogens is 345 g/mol. The highest BCUT2D eigenvalue weighted by molar-refractivity contribution is 6.00. The Morgan fingerprint density at radius 2 is 1.62 bits per heavy atom. The number of hydrogen-bond acceptors (Lipinski definition) is 2. The van der Waals surface area contributed by atoms with Crippen molar-refractivity contribution in [3.8, 4) is 0 Å². The van der Waals surface area contributed by atoms with Crippen LogP contribution in [0.3, 0.4) is 0 Å². The fraction of sp³-hybridized carbons (Fsp3) is 0.263. The van der Waals surface area contributed by atoms with E-state index in [-0.39, 0.29) is 11.1 Å². The topological polar surface area (TPSA) is 72.2 Å². The smallest absolute Gasteiger partial charge is 0.366 e. The molecule has 4 nitrogen and oxygen atoms in total. The van der Waals surface area contributed by atoms with E-state index in [2.05, 4.69) is 5.32 Å². The molecular formula is C19H19F3N2O2. The number of rotatable bonds is 4. The van der Waals surface area contributed by atoms with Crippen LogP contribution < -0.4 is 11.1 Å². The summed E-state index contributed by atoms with van der Waals surface area (Å²) in [5.74, 6) is -1.13. The Morgan fingerprint density at radius 1 is 1.00 bits per heavy atom. The Kier molecular flexibility index (Phi) is 5.11. The van der Waals surface area contributed by atoms with Gasteiger partial charge in [0.15, 0.2) is 0 Å². The molecule has 0 heterocycles. The first-order valence-corrected chi connectivity index (χ1v) is 7.82. The molecule has 0 spiro atoms. The summed E-state index contributed by atoms with van der Waals surface area (Å²) in [6.07, 6.45) is -4.49. The van der Waals surface area contributed by atoms with Crippen molar-refractivity contribution < 1.29 is 22.8 Å². The number of hydrogen-bond donors (Lipinski definition) is 2. The zero-order chi connectivity index (χ0) is 19.7. The fourth-order valence-corrected chi connectivity index (χ4v) is 2.47. The molecule has 26 heavy (non-hydrogen) atoms. The number of carbonyl (C=O) groups excluding carboxylic acids is 2. The van der Waals surface area contributed by atoms with Crippen LogP contribution in [0.4, 0.5) is 18.9 Å².